The van der Waals surface area contributed by atoms with Crippen LogP contribution in [0.15, 0.2) is 89.0 Å². The Morgan fingerprint density at radius 2 is 0.905 bits per heavy atom. The summed E-state index contributed by atoms with van der Waals surface area (Å²) in [5, 5.41) is 40.8. The molecule has 6 N–H and O–H groups in total. The molecule has 0 amide bonds. The number of halogens is 15. The highest BCUT2D eigenvalue weighted by molar-refractivity contribution is 6.31. The molecule has 8 rings (SSSR count). The van der Waals surface area contributed by atoms with Crippen molar-refractivity contribution in [2.75, 3.05) is 22.6 Å². The van der Waals surface area contributed by atoms with Crippen molar-refractivity contribution < 1.29 is 97.0 Å². The summed E-state index contributed by atoms with van der Waals surface area (Å²) >= 11 is 17.2. The van der Waals surface area contributed by atoms with Crippen LogP contribution in [0.2, 0.25) is 15.1 Å². The van der Waals surface area contributed by atoms with Gasteiger partial charge in [0.2, 0.25) is 6.10 Å². The third-order valence-corrected chi connectivity index (χ3v) is 11.5. The Morgan fingerprint density at radius 1 is 0.514 bits per heavy atom. The molecule has 0 aliphatic carbocycles. The minimum Gasteiger partial charge on any atom is -0.478 e. The zero-order chi connectivity index (χ0) is 55.7. The Morgan fingerprint density at radius 3 is 1.30 bits per heavy atom. The van der Waals surface area contributed by atoms with Gasteiger partial charge >= 0.3 is 48.6 Å². The number of carbonyl (C=O) groups is 4. The summed E-state index contributed by atoms with van der Waals surface area (Å²) in [5.74, 6) is -6.38. The molecule has 4 aliphatic heterocycles. The van der Waals surface area contributed by atoms with E-state index >= 15 is 0 Å². The molecular formula is C47H34Cl3F12N3O9. The van der Waals surface area contributed by atoms with E-state index < -0.39 is 95.1 Å². The topological polar surface area (TPSA) is 186 Å². The van der Waals surface area contributed by atoms with Crippen LogP contribution in [0.4, 0.5) is 69.7 Å². The van der Waals surface area contributed by atoms with E-state index in [4.69, 9.17) is 60.0 Å². The average Bonchev–Trinajstić information content (AvgIpc) is 3.26. The lowest BCUT2D eigenvalue weighted by atomic mass is 9.95. The maximum absolute atomic E-state index is 13.0. The molecule has 74 heavy (non-hydrogen) atoms. The van der Waals surface area contributed by atoms with E-state index in [1.165, 1.54) is 61.6 Å². The standard InChI is InChI=1S/C13H11F3O3.C12H9ClF3NO2.2C11H7ClF3NO2/c1-6-3-7(2)10-8(4-6)5-9(12(17)18)11(19-10)13(14,15)16;1-17-9-3-2-7(13)4-6(9)5-8(11(18)19)10(17)12(14,15)16;2*12-6-1-2-8-5(3-6)4-7(10(17)18)9(16-8)11(13,14)15/h3-5,11H,1-2H3,(H,17,18);2-5,10H,1H3,(H,18,19);2*1-4,9,16H,(H,17,18)/t11-;;9-;/m0.0./s1. The third-order valence-electron chi connectivity index (χ3n) is 10.8. The number of alkyl halides is 12. The quantitative estimate of drug-likeness (QED) is 0.106. The molecule has 0 saturated carbocycles. The number of nitrogens with zero attached hydrogens (tertiary/aromatic N) is 1. The van der Waals surface area contributed by atoms with Crippen molar-refractivity contribution in [2.24, 2.45) is 0 Å². The maximum Gasteiger partial charge on any atom is 0.430 e. The predicted molar refractivity (Wildman–Crippen MR) is 248 cm³/mol. The summed E-state index contributed by atoms with van der Waals surface area (Å²) in [6.07, 6.45) is -17.2. The van der Waals surface area contributed by atoms with Gasteiger partial charge in [-0.15, -0.1) is 0 Å². The number of aliphatic carboxylic acids is 4. The number of benzene rings is 4. The second-order valence-electron chi connectivity index (χ2n) is 16.1. The first-order chi connectivity index (χ1) is 34.0. The van der Waals surface area contributed by atoms with Gasteiger partial charge in [-0.2, -0.15) is 52.7 Å². The van der Waals surface area contributed by atoms with Crippen molar-refractivity contribution in [1.82, 2.24) is 0 Å². The number of ether oxygens (including phenoxy) is 1. The zero-order valence-corrected chi connectivity index (χ0v) is 39.7. The normalized spacial score (nSPS) is 18.6. The van der Waals surface area contributed by atoms with Crippen LogP contribution in [-0.2, 0) is 19.2 Å². The summed E-state index contributed by atoms with van der Waals surface area (Å²) in [7, 11) is 1.21. The molecule has 12 nitrogen and oxygen atoms in total. The fraction of sp³-hybridized carbons (Fsp3) is 0.234. The van der Waals surface area contributed by atoms with Crippen LogP contribution in [0.25, 0.3) is 24.3 Å². The fourth-order valence-electron chi connectivity index (χ4n) is 7.65. The molecule has 0 saturated heterocycles. The summed E-state index contributed by atoms with van der Waals surface area (Å²) in [4.78, 5) is 44.6. The number of carboxylic acid groups (broad SMARTS) is 4. The largest absolute Gasteiger partial charge is 0.478 e. The van der Waals surface area contributed by atoms with E-state index in [1.54, 1.807) is 26.0 Å². The molecule has 4 aromatic rings. The molecule has 0 bridgehead atoms. The van der Waals surface area contributed by atoms with Gasteiger partial charge < -0.3 is 40.7 Å². The third kappa shape index (κ3) is 13.6. The molecule has 4 aliphatic rings. The van der Waals surface area contributed by atoms with E-state index in [0.717, 1.165) is 34.8 Å². The summed E-state index contributed by atoms with van der Waals surface area (Å²) in [6.45, 7) is 3.40. The first-order valence-electron chi connectivity index (χ1n) is 20.5. The van der Waals surface area contributed by atoms with Crippen LogP contribution in [0.3, 0.4) is 0 Å². The highest BCUT2D eigenvalue weighted by Crippen LogP contribution is 2.42. The molecule has 4 atom stereocenters. The van der Waals surface area contributed by atoms with Crippen molar-refractivity contribution in [3.05, 3.63) is 137 Å². The number of aryl methyl sites for hydroxylation is 2. The fourth-order valence-corrected chi connectivity index (χ4v) is 8.19. The van der Waals surface area contributed by atoms with Crippen LogP contribution in [0.1, 0.15) is 33.4 Å². The smallest absolute Gasteiger partial charge is 0.430 e. The molecule has 4 aromatic carbocycles. The van der Waals surface area contributed by atoms with Crippen molar-refractivity contribution in [1.29, 1.82) is 0 Å². The summed E-state index contributed by atoms with van der Waals surface area (Å²) in [6, 6.07) is 9.44. The van der Waals surface area contributed by atoms with Gasteiger partial charge in [-0.05, 0) is 121 Å². The van der Waals surface area contributed by atoms with Gasteiger partial charge in [-0.25, -0.2) is 19.2 Å². The molecular weight excluding hydrogens is 1080 g/mol. The first kappa shape index (κ1) is 57.8. The monoisotopic (exact) mass is 1120 g/mol. The SMILES string of the molecule is CN1c2ccc(Cl)cc2C=C(C(=O)O)C1C(F)(F)F.Cc1cc(C)c2c(c1)C=C(C(=O)O)[C@@H](C(F)(F)F)O2.O=C(O)C1=Cc2cc(Cl)ccc2NC1C(F)(F)F.O=C(O)C1=Cc2cc(Cl)ccc2N[C@@H]1C(F)(F)F. The number of hydrogen-bond acceptors (Lipinski definition) is 8. The van der Waals surface area contributed by atoms with Gasteiger partial charge in [0.25, 0.3) is 0 Å². The van der Waals surface area contributed by atoms with Gasteiger partial charge in [0.15, 0.2) is 18.1 Å². The molecule has 0 radical (unpaired) electrons. The molecule has 4 heterocycles. The lowest BCUT2D eigenvalue weighted by molar-refractivity contribution is -0.187. The van der Waals surface area contributed by atoms with E-state index in [-0.39, 0.29) is 22.8 Å². The van der Waals surface area contributed by atoms with E-state index in [2.05, 4.69) is 10.6 Å². The van der Waals surface area contributed by atoms with E-state index in [0.29, 0.717) is 42.9 Å². The molecule has 0 fully saturated rings. The second kappa shape index (κ2) is 21.8. The number of anilines is 3. The Labute approximate surface area is 424 Å². The summed E-state index contributed by atoms with van der Waals surface area (Å²) in [5.41, 5.74) is 0.389. The average molecular weight is 1120 g/mol. The van der Waals surface area contributed by atoms with Gasteiger partial charge in [0.05, 0.1) is 22.3 Å². The van der Waals surface area contributed by atoms with Crippen molar-refractivity contribution in [3.8, 4) is 5.75 Å². The van der Waals surface area contributed by atoms with Crippen LogP contribution in [0, 0.1) is 13.8 Å². The van der Waals surface area contributed by atoms with Crippen LogP contribution in [-0.4, -0.2) is 100 Å². The number of hydrogen-bond donors (Lipinski definition) is 6. The Hall–Kier alpha value is -7.05. The summed E-state index contributed by atoms with van der Waals surface area (Å²) < 4.78 is 159. The first-order valence-corrected chi connectivity index (χ1v) is 21.6. The molecule has 27 heteroatoms. The van der Waals surface area contributed by atoms with Crippen molar-refractivity contribution in [3.63, 3.8) is 0 Å². The molecule has 2 unspecified atom stereocenters. The Kier molecular flexibility index (Phi) is 17.0. The Balaban J connectivity index is 0.000000183. The number of rotatable bonds is 4. The Bertz CT molecular complexity index is 2930. The highest BCUT2D eigenvalue weighted by Gasteiger charge is 2.51. The van der Waals surface area contributed by atoms with Crippen molar-refractivity contribution in [2.45, 2.75) is 62.8 Å². The minimum absolute atomic E-state index is 0.0814. The molecule has 0 aromatic heterocycles. The maximum atomic E-state index is 13.0. The highest BCUT2D eigenvalue weighted by atomic mass is 35.5. The molecule has 0 spiro atoms. The lowest BCUT2D eigenvalue weighted by Gasteiger charge is -2.36. The minimum atomic E-state index is -4.76. The van der Waals surface area contributed by atoms with Crippen LogP contribution in [0.5, 0.6) is 5.75 Å². The molecule has 396 valence electrons. The zero-order valence-electron chi connectivity index (χ0n) is 37.4. The van der Waals surface area contributed by atoms with Crippen molar-refractivity contribution >= 4 is 100 Å². The second-order valence-corrected chi connectivity index (χ2v) is 17.4. The van der Waals surface area contributed by atoms with Gasteiger partial charge in [-0.3, -0.25) is 0 Å². The lowest BCUT2D eigenvalue weighted by Crippen LogP contribution is -2.48. The van der Waals surface area contributed by atoms with Crippen LogP contribution < -0.4 is 20.3 Å². The predicted octanol–water partition coefficient (Wildman–Crippen LogP) is 12.6. The van der Waals surface area contributed by atoms with Crippen LogP contribution >= 0.6 is 34.8 Å². The van der Waals surface area contributed by atoms with Gasteiger partial charge in [-0.1, -0.05) is 46.4 Å². The van der Waals surface area contributed by atoms with E-state index in [9.17, 15) is 71.9 Å². The van der Waals surface area contributed by atoms with Gasteiger partial charge in [0.1, 0.15) is 5.75 Å². The number of fused-ring (bicyclic) bond motifs is 4. The number of likely N-dealkylation sites (N-methyl/N-ethyl adjacent to an activating group) is 1. The number of carboxylic acids is 4. The van der Waals surface area contributed by atoms with E-state index in [1.807, 2.05) is 0 Å². The number of nitrogens with one attached hydrogen (secondary N) is 2. The van der Waals surface area contributed by atoms with Gasteiger partial charge in [0, 0.05) is 44.7 Å².